The Morgan fingerprint density at radius 2 is 1.89 bits per heavy atom. The van der Waals surface area contributed by atoms with Gasteiger partial charge in [0.05, 0.1) is 28.5 Å². The molecule has 0 bridgehead atoms. The Labute approximate surface area is 209 Å². The molecule has 186 valence electrons. The molecule has 4 rings (SSSR count). The summed E-state index contributed by atoms with van der Waals surface area (Å²) >= 11 is 6.13. The highest BCUT2D eigenvalue weighted by atomic mass is 35.5. The van der Waals surface area contributed by atoms with Crippen molar-refractivity contribution in [3.05, 3.63) is 99.8 Å². The number of halogens is 4. The smallest absolute Gasteiger partial charge is 0.416 e. The number of carbonyl (C=O) groups is 2. The number of ketones is 1. The molecule has 0 radical (unpaired) electrons. The summed E-state index contributed by atoms with van der Waals surface area (Å²) in [6.45, 7) is 1.75. The maximum Gasteiger partial charge on any atom is 0.416 e. The van der Waals surface area contributed by atoms with Crippen LogP contribution < -0.4 is 4.74 Å². The highest BCUT2D eigenvalue weighted by molar-refractivity contribution is 6.46. The van der Waals surface area contributed by atoms with Gasteiger partial charge in [0.1, 0.15) is 17.6 Å². The lowest BCUT2D eigenvalue weighted by Crippen LogP contribution is -2.29. The van der Waals surface area contributed by atoms with Gasteiger partial charge in [-0.3, -0.25) is 14.6 Å². The lowest BCUT2D eigenvalue weighted by molar-refractivity contribution is -0.140. The van der Waals surface area contributed by atoms with Gasteiger partial charge in [0.2, 0.25) is 0 Å². The van der Waals surface area contributed by atoms with Crippen molar-refractivity contribution in [3.8, 4) is 5.75 Å². The van der Waals surface area contributed by atoms with Gasteiger partial charge in [0.25, 0.3) is 11.7 Å². The van der Waals surface area contributed by atoms with Crippen LogP contribution in [0, 0.1) is 0 Å². The molecule has 1 saturated heterocycles. The molecule has 10 heteroatoms. The number of aliphatic hydroxyl groups excluding tert-OH is 1. The molecule has 1 N–H and O–H groups in total. The van der Waals surface area contributed by atoms with E-state index in [1.807, 2.05) is 0 Å². The summed E-state index contributed by atoms with van der Waals surface area (Å²) in [4.78, 5) is 31.6. The Bertz CT molecular complexity index is 1340. The molecule has 36 heavy (non-hydrogen) atoms. The number of pyridine rings is 1. The second-order valence-electron chi connectivity index (χ2n) is 7.96. The molecule has 2 heterocycles. The minimum Gasteiger partial charge on any atom is -0.507 e. The number of rotatable bonds is 6. The van der Waals surface area contributed by atoms with Crippen LogP contribution in [0.4, 0.5) is 13.2 Å². The fourth-order valence-electron chi connectivity index (χ4n) is 4.00. The standard InChI is InChI=1S/C26H20ClF3N2O4/c1-2-36-20-13-16(9-10-18(20)27)23(33)21-22(19-8-3-4-11-31-19)32(25(35)24(21)34)14-15-6-5-7-17(12-15)26(28,29)30/h3-13,22,33H,2,14H2,1H3/b23-21+. The monoisotopic (exact) mass is 516 g/mol. The van der Waals surface area contributed by atoms with E-state index in [2.05, 4.69) is 4.98 Å². The fraction of sp³-hybridized carbons (Fsp3) is 0.192. The van der Waals surface area contributed by atoms with Crippen molar-refractivity contribution in [1.29, 1.82) is 0 Å². The zero-order chi connectivity index (χ0) is 26.0. The lowest BCUT2D eigenvalue weighted by atomic mass is 9.98. The molecule has 0 spiro atoms. The number of aliphatic hydroxyl groups is 1. The van der Waals surface area contributed by atoms with Crippen molar-refractivity contribution in [2.75, 3.05) is 6.61 Å². The van der Waals surface area contributed by atoms with Crippen molar-refractivity contribution in [2.45, 2.75) is 25.7 Å². The first kappa shape index (κ1) is 25.2. The SMILES string of the molecule is CCOc1cc(/C(O)=C2\C(=O)C(=O)N(Cc3cccc(C(F)(F)F)c3)C2c2ccccn2)ccc1Cl. The number of aromatic nitrogens is 1. The molecule has 1 unspecified atom stereocenters. The molecular formula is C26H20ClF3N2O4. The zero-order valence-corrected chi connectivity index (χ0v) is 19.7. The first-order chi connectivity index (χ1) is 17.1. The Hall–Kier alpha value is -3.85. The summed E-state index contributed by atoms with van der Waals surface area (Å²) in [5.74, 6) is -2.16. The highest BCUT2D eigenvalue weighted by Gasteiger charge is 2.47. The number of benzene rings is 2. The van der Waals surface area contributed by atoms with Crippen LogP contribution in [-0.4, -0.2) is 33.3 Å². The van der Waals surface area contributed by atoms with Crippen molar-refractivity contribution < 1.29 is 32.6 Å². The van der Waals surface area contributed by atoms with E-state index < -0.39 is 35.2 Å². The van der Waals surface area contributed by atoms with Gasteiger partial charge in [0, 0.05) is 18.3 Å². The normalized spacial score (nSPS) is 17.5. The van der Waals surface area contributed by atoms with E-state index in [0.29, 0.717) is 11.6 Å². The third kappa shape index (κ3) is 4.92. The number of hydrogen-bond acceptors (Lipinski definition) is 5. The molecule has 1 fully saturated rings. The van der Waals surface area contributed by atoms with E-state index in [4.69, 9.17) is 16.3 Å². The van der Waals surface area contributed by atoms with Crippen LogP contribution in [0.3, 0.4) is 0 Å². The molecule has 6 nitrogen and oxygen atoms in total. The third-order valence-corrected chi connectivity index (χ3v) is 5.93. The van der Waals surface area contributed by atoms with Crippen LogP contribution in [0.1, 0.15) is 35.3 Å². The predicted molar refractivity (Wildman–Crippen MR) is 126 cm³/mol. The number of carbonyl (C=O) groups excluding carboxylic acids is 2. The van der Waals surface area contributed by atoms with E-state index >= 15 is 0 Å². The second-order valence-corrected chi connectivity index (χ2v) is 8.37. The predicted octanol–water partition coefficient (Wildman–Crippen LogP) is 5.77. The molecule has 0 aliphatic carbocycles. The van der Waals surface area contributed by atoms with Crippen LogP contribution in [0.2, 0.25) is 5.02 Å². The topological polar surface area (TPSA) is 79.7 Å². The van der Waals surface area contributed by atoms with Crippen LogP contribution >= 0.6 is 11.6 Å². The molecule has 1 aromatic heterocycles. The molecule has 1 aliphatic rings. The Morgan fingerprint density at radius 3 is 2.56 bits per heavy atom. The highest BCUT2D eigenvalue weighted by Crippen LogP contribution is 2.41. The minimum atomic E-state index is -4.57. The average Bonchev–Trinajstić information content (AvgIpc) is 3.10. The van der Waals surface area contributed by atoms with Gasteiger partial charge in [0.15, 0.2) is 0 Å². The van der Waals surface area contributed by atoms with Gasteiger partial charge in [-0.1, -0.05) is 29.8 Å². The van der Waals surface area contributed by atoms with Gasteiger partial charge in [-0.05, 0) is 55.0 Å². The van der Waals surface area contributed by atoms with E-state index in [1.165, 1.54) is 36.5 Å². The molecule has 0 saturated carbocycles. The molecular weight excluding hydrogens is 497 g/mol. The van der Waals surface area contributed by atoms with E-state index in [-0.39, 0.29) is 34.7 Å². The number of likely N-dealkylation sites (tertiary alicyclic amines) is 1. The number of hydrogen-bond donors (Lipinski definition) is 1. The van der Waals surface area contributed by atoms with Crippen molar-refractivity contribution in [1.82, 2.24) is 9.88 Å². The maximum absolute atomic E-state index is 13.2. The Kier molecular flexibility index (Phi) is 7.03. The summed E-state index contributed by atoms with van der Waals surface area (Å²) in [7, 11) is 0. The first-order valence-electron chi connectivity index (χ1n) is 10.9. The number of ether oxygens (including phenoxy) is 1. The third-order valence-electron chi connectivity index (χ3n) is 5.62. The number of amides is 1. The fourth-order valence-corrected chi connectivity index (χ4v) is 4.18. The van der Waals surface area contributed by atoms with Crippen LogP contribution in [0.15, 0.2) is 72.4 Å². The van der Waals surface area contributed by atoms with Gasteiger partial charge in [-0.15, -0.1) is 0 Å². The van der Waals surface area contributed by atoms with Gasteiger partial charge >= 0.3 is 6.18 Å². The summed E-state index contributed by atoms with van der Waals surface area (Å²) in [5.41, 5.74) is -0.506. The number of alkyl halides is 3. The van der Waals surface area contributed by atoms with Crippen molar-refractivity contribution >= 4 is 29.1 Å². The zero-order valence-electron chi connectivity index (χ0n) is 18.9. The largest absolute Gasteiger partial charge is 0.507 e. The van der Waals surface area contributed by atoms with E-state index in [0.717, 1.165) is 17.0 Å². The molecule has 3 aromatic rings. The molecule has 2 aromatic carbocycles. The van der Waals surface area contributed by atoms with E-state index in [1.54, 1.807) is 25.1 Å². The number of nitrogens with zero attached hydrogens (tertiary/aromatic N) is 2. The second kappa shape index (κ2) is 10.0. The maximum atomic E-state index is 13.2. The van der Waals surface area contributed by atoms with Gasteiger partial charge in [-0.2, -0.15) is 13.2 Å². The summed E-state index contributed by atoms with van der Waals surface area (Å²) in [6, 6.07) is 12.6. The van der Waals surface area contributed by atoms with Gasteiger partial charge < -0.3 is 14.7 Å². The van der Waals surface area contributed by atoms with Crippen LogP contribution in [0.5, 0.6) is 5.75 Å². The van der Waals surface area contributed by atoms with Crippen molar-refractivity contribution in [2.24, 2.45) is 0 Å². The van der Waals surface area contributed by atoms with E-state index in [9.17, 15) is 27.9 Å². The number of Topliss-reactive ketones (excluding diaryl/α,β-unsaturated/α-hetero) is 1. The average molecular weight is 517 g/mol. The lowest BCUT2D eigenvalue weighted by Gasteiger charge is -2.25. The van der Waals surface area contributed by atoms with Gasteiger partial charge in [-0.25, -0.2) is 0 Å². The summed E-state index contributed by atoms with van der Waals surface area (Å²) < 4.78 is 45.1. The summed E-state index contributed by atoms with van der Waals surface area (Å²) in [6.07, 6.45) is -3.12. The molecule has 1 aliphatic heterocycles. The molecule has 1 amide bonds. The minimum absolute atomic E-state index is 0.165. The first-order valence-corrected chi connectivity index (χ1v) is 11.3. The quantitative estimate of drug-likeness (QED) is 0.255. The van der Waals surface area contributed by atoms with Crippen molar-refractivity contribution in [3.63, 3.8) is 0 Å². The summed E-state index contributed by atoms with van der Waals surface area (Å²) in [5, 5.41) is 11.5. The van der Waals surface area contributed by atoms with Crippen LogP contribution in [-0.2, 0) is 22.3 Å². The molecule has 1 atom stereocenters. The Morgan fingerprint density at radius 1 is 1.11 bits per heavy atom. The van der Waals surface area contributed by atoms with Crippen LogP contribution in [0.25, 0.3) is 5.76 Å². The Balaban J connectivity index is 1.83.